The molecule has 86 valence electrons. The average Bonchev–Trinajstić information content (AvgIpc) is 2.77. The molecule has 0 radical (unpaired) electrons. The van der Waals surface area contributed by atoms with E-state index < -0.39 is 0 Å². The minimum Gasteiger partial charge on any atom is -0.271 e. The van der Waals surface area contributed by atoms with Gasteiger partial charge in [0, 0.05) is 0 Å². The Morgan fingerprint density at radius 2 is 2.20 bits per heavy atom. The summed E-state index contributed by atoms with van der Waals surface area (Å²) >= 11 is 1.42. The van der Waals surface area contributed by atoms with Crippen LogP contribution in [0.1, 0.15) is 56.4 Å². The van der Waals surface area contributed by atoms with Crippen molar-refractivity contribution >= 4 is 11.5 Å². The lowest BCUT2D eigenvalue weighted by atomic mass is 10.1. The van der Waals surface area contributed by atoms with E-state index in [1.165, 1.54) is 43.6 Å². The van der Waals surface area contributed by atoms with Crippen molar-refractivity contribution in [3.63, 3.8) is 0 Å². The molecule has 15 heavy (non-hydrogen) atoms. The Morgan fingerprint density at radius 3 is 2.80 bits per heavy atom. The molecule has 0 saturated carbocycles. The van der Waals surface area contributed by atoms with Crippen LogP contribution in [0.25, 0.3) is 0 Å². The fraction of sp³-hybridized carbons (Fsp3) is 0.800. The van der Waals surface area contributed by atoms with Crippen LogP contribution in [0.3, 0.4) is 0 Å². The van der Waals surface area contributed by atoms with E-state index in [0.29, 0.717) is 0 Å². The molecule has 1 aromatic heterocycles. The number of rotatable bonds is 8. The lowest BCUT2D eigenvalue weighted by Crippen LogP contribution is -2.27. The third-order valence-corrected chi connectivity index (χ3v) is 3.30. The molecular weight excluding hydrogens is 208 g/mol. The van der Waals surface area contributed by atoms with Crippen molar-refractivity contribution < 1.29 is 0 Å². The van der Waals surface area contributed by atoms with Crippen molar-refractivity contribution in [1.82, 2.24) is 15.0 Å². The monoisotopic (exact) mass is 228 g/mol. The Morgan fingerprint density at radius 1 is 1.40 bits per heavy atom. The number of hydrogen-bond donors (Lipinski definition) is 2. The molecule has 0 aromatic carbocycles. The van der Waals surface area contributed by atoms with E-state index in [-0.39, 0.29) is 6.04 Å². The lowest BCUT2D eigenvalue weighted by Gasteiger charge is -2.12. The molecule has 0 spiro atoms. The van der Waals surface area contributed by atoms with Crippen LogP contribution in [0.4, 0.5) is 0 Å². The van der Waals surface area contributed by atoms with Gasteiger partial charge >= 0.3 is 0 Å². The lowest BCUT2D eigenvalue weighted by molar-refractivity contribution is 0.484. The molecule has 0 aliphatic heterocycles. The Bertz CT molecular complexity index is 238. The fourth-order valence-electron chi connectivity index (χ4n) is 1.59. The maximum absolute atomic E-state index is 5.51. The molecule has 0 aliphatic carbocycles. The molecule has 1 atom stereocenters. The van der Waals surface area contributed by atoms with Gasteiger partial charge in [-0.15, -0.1) is 5.10 Å². The highest BCUT2D eigenvalue weighted by Crippen LogP contribution is 2.21. The number of unbranched alkanes of at least 4 members (excludes halogenated alkanes) is 4. The van der Waals surface area contributed by atoms with Gasteiger partial charge in [0.25, 0.3) is 0 Å². The predicted octanol–water partition coefficient (Wildman–Crippen LogP) is 2.40. The highest BCUT2D eigenvalue weighted by atomic mass is 32.1. The van der Waals surface area contributed by atoms with Gasteiger partial charge < -0.3 is 0 Å². The fourth-order valence-corrected chi connectivity index (χ4v) is 2.18. The molecule has 0 amide bonds. The van der Waals surface area contributed by atoms with Crippen LogP contribution in [-0.4, -0.2) is 9.59 Å². The number of aromatic nitrogens is 2. The summed E-state index contributed by atoms with van der Waals surface area (Å²) in [5, 5.41) is 3.82. The maximum atomic E-state index is 5.51. The van der Waals surface area contributed by atoms with Crippen LogP contribution in [0.5, 0.6) is 0 Å². The van der Waals surface area contributed by atoms with Crippen LogP contribution in [0, 0.1) is 0 Å². The molecule has 0 bridgehead atoms. The first-order valence-electron chi connectivity index (χ1n) is 5.61. The molecule has 0 saturated heterocycles. The average molecular weight is 228 g/mol. The summed E-state index contributed by atoms with van der Waals surface area (Å²) in [6, 6.07) is 0.228. The summed E-state index contributed by atoms with van der Waals surface area (Å²) in [6.45, 7) is 2.23. The zero-order chi connectivity index (χ0) is 10.9. The number of nitrogens with one attached hydrogen (secondary N) is 1. The van der Waals surface area contributed by atoms with Gasteiger partial charge in [0.05, 0.1) is 17.1 Å². The molecule has 3 N–H and O–H groups in total. The van der Waals surface area contributed by atoms with Gasteiger partial charge in [-0.3, -0.25) is 11.3 Å². The molecular formula is C10H20N4S. The van der Waals surface area contributed by atoms with Crippen LogP contribution in [0.2, 0.25) is 0 Å². The third-order valence-electron chi connectivity index (χ3n) is 2.52. The Hall–Kier alpha value is -0.520. The topological polar surface area (TPSA) is 63.8 Å². The summed E-state index contributed by atoms with van der Waals surface area (Å²) in [5.41, 5.74) is 2.83. The van der Waals surface area contributed by atoms with E-state index in [9.17, 15) is 0 Å². The van der Waals surface area contributed by atoms with Gasteiger partial charge in [-0.1, -0.05) is 43.5 Å². The normalized spacial score (nSPS) is 12.9. The van der Waals surface area contributed by atoms with Gasteiger partial charge in [-0.2, -0.15) is 0 Å². The van der Waals surface area contributed by atoms with Crippen molar-refractivity contribution in [1.29, 1.82) is 0 Å². The van der Waals surface area contributed by atoms with Gasteiger partial charge in [-0.25, -0.2) is 0 Å². The summed E-state index contributed by atoms with van der Waals surface area (Å²) < 4.78 is 3.84. The number of nitrogens with zero attached hydrogens (tertiary/aromatic N) is 2. The summed E-state index contributed by atoms with van der Waals surface area (Å²) in [4.78, 5) is 1.13. The van der Waals surface area contributed by atoms with Crippen molar-refractivity contribution in [2.24, 2.45) is 5.84 Å². The molecule has 1 unspecified atom stereocenters. The maximum Gasteiger partial charge on any atom is 0.0669 e. The van der Waals surface area contributed by atoms with Crippen LogP contribution >= 0.6 is 11.5 Å². The molecule has 1 heterocycles. The Balaban J connectivity index is 2.18. The van der Waals surface area contributed by atoms with Gasteiger partial charge in [0.1, 0.15) is 0 Å². The first-order chi connectivity index (χ1) is 7.38. The molecule has 1 rings (SSSR count). The smallest absolute Gasteiger partial charge is 0.0669 e. The standard InChI is InChI=1S/C10H20N4S/c1-2-3-4-5-6-7-9(13-11)10-8-12-14-15-10/h8-9,13H,2-7,11H2,1H3. The van der Waals surface area contributed by atoms with Crippen LogP contribution < -0.4 is 11.3 Å². The van der Waals surface area contributed by atoms with Gasteiger partial charge in [0.2, 0.25) is 0 Å². The second-order valence-electron chi connectivity index (χ2n) is 3.74. The zero-order valence-corrected chi connectivity index (χ0v) is 10.1. The Labute approximate surface area is 95.4 Å². The minimum absolute atomic E-state index is 0.228. The van der Waals surface area contributed by atoms with E-state index >= 15 is 0 Å². The van der Waals surface area contributed by atoms with Gasteiger partial charge in [-0.05, 0) is 18.0 Å². The summed E-state index contributed by atoms with van der Waals surface area (Å²) in [7, 11) is 0. The second-order valence-corrected chi connectivity index (χ2v) is 4.56. The van der Waals surface area contributed by atoms with Crippen molar-refractivity contribution in [3.05, 3.63) is 11.1 Å². The Kier molecular flexibility index (Phi) is 6.47. The molecule has 0 aliphatic rings. The summed E-state index contributed by atoms with van der Waals surface area (Å²) in [6.07, 6.45) is 9.32. The highest BCUT2D eigenvalue weighted by Gasteiger charge is 2.11. The first kappa shape index (κ1) is 12.5. The van der Waals surface area contributed by atoms with Crippen molar-refractivity contribution in [2.45, 2.75) is 51.5 Å². The van der Waals surface area contributed by atoms with Crippen molar-refractivity contribution in [2.75, 3.05) is 0 Å². The third kappa shape index (κ3) is 4.68. The SMILES string of the molecule is CCCCCCCC(NN)c1cnns1. The van der Waals surface area contributed by atoms with E-state index in [1.807, 2.05) is 0 Å². The van der Waals surface area contributed by atoms with E-state index in [1.54, 1.807) is 6.20 Å². The number of hydrazine groups is 1. The second kappa shape index (κ2) is 7.73. The van der Waals surface area contributed by atoms with Crippen LogP contribution in [-0.2, 0) is 0 Å². The molecule has 4 nitrogen and oxygen atoms in total. The largest absolute Gasteiger partial charge is 0.271 e. The van der Waals surface area contributed by atoms with Gasteiger partial charge in [0.15, 0.2) is 0 Å². The van der Waals surface area contributed by atoms with Crippen LogP contribution in [0.15, 0.2) is 6.20 Å². The first-order valence-corrected chi connectivity index (χ1v) is 6.39. The summed E-state index contributed by atoms with van der Waals surface area (Å²) in [5.74, 6) is 5.51. The van der Waals surface area contributed by atoms with E-state index in [0.717, 1.165) is 11.3 Å². The van der Waals surface area contributed by atoms with Crippen molar-refractivity contribution in [3.8, 4) is 0 Å². The number of hydrogen-bond acceptors (Lipinski definition) is 5. The number of nitrogens with two attached hydrogens (primary N) is 1. The minimum atomic E-state index is 0.228. The molecule has 5 heteroatoms. The quantitative estimate of drug-likeness (QED) is 0.407. The highest BCUT2D eigenvalue weighted by molar-refractivity contribution is 7.05. The molecule has 1 aromatic rings. The van der Waals surface area contributed by atoms with E-state index in [4.69, 9.17) is 5.84 Å². The predicted molar refractivity (Wildman–Crippen MR) is 63.3 cm³/mol. The van der Waals surface area contributed by atoms with E-state index in [2.05, 4.69) is 21.9 Å². The molecule has 0 fully saturated rings. The zero-order valence-electron chi connectivity index (χ0n) is 9.28.